The van der Waals surface area contributed by atoms with E-state index >= 15 is 0 Å². The number of benzene rings is 2. The van der Waals surface area contributed by atoms with Gasteiger partial charge < -0.3 is 20.4 Å². The van der Waals surface area contributed by atoms with Crippen molar-refractivity contribution in [3.05, 3.63) is 64.9 Å². The number of carbonyl (C=O) groups is 2. The van der Waals surface area contributed by atoms with Gasteiger partial charge in [0, 0.05) is 57.0 Å². The molecule has 2 aromatic carbocycles. The number of fused-ring (bicyclic) bond motifs is 1. The summed E-state index contributed by atoms with van der Waals surface area (Å²) >= 11 is 0. The van der Waals surface area contributed by atoms with Crippen LogP contribution in [0.2, 0.25) is 0 Å². The summed E-state index contributed by atoms with van der Waals surface area (Å²) < 4.78 is 55.7. The molecule has 2 aliphatic rings. The number of rotatable bonds is 6. The quantitative estimate of drug-likeness (QED) is 0.404. The molecule has 218 valence electrons. The summed E-state index contributed by atoms with van der Waals surface area (Å²) in [6.45, 7) is 7.79. The number of amides is 2. The molecule has 3 heterocycles. The monoisotopic (exact) mass is 587 g/mol. The fourth-order valence-corrected chi connectivity index (χ4v) is 7.01. The normalized spacial score (nSPS) is 17.4. The van der Waals surface area contributed by atoms with Crippen molar-refractivity contribution >= 4 is 39.0 Å². The van der Waals surface area contributed by atoms with E-state index in [9.17, 15) is 26.8 Å². The largest absolute Gasteiger partial charge is 0.369 e. The number of anilines is 3. The van der Waals surface area contributed by atoms with E-state index in [0.29, 0.717) is 23.0 Å². The zero-order valence-corrected chi connectivity index (χ0v) is 23.9. The molecule has 1 saturated heterocycles. The number of sulfonamides is 1. The summed E-state index contributed by atoms with van der Waals surface area (Å²) in [6.07, 6.45) is 0. The molecule has 1 aromatic heterocycles. The number of aromatic amines is 1. The molecule has 0 unspecified atom stereocenters. The molecule has 3 N–H and O–H groups in total. The zero-order valence-electron chi connectivity index (χ0n) is 23.1. The van der Waals surface area contributed by atoms with Gasteiger partial charge in [-0.1, -0.05) is 0 Å². The van der Waals surface area contributed by atoms with Crippen molar-refractivity contribution in [3.8, 4) is 0 Å². The molecule has 11 nitrogen and oxygen atoms in total. The highest BCUT2D eigenvalue weighted by molar-refractivity contribution is 7.89. The second kappa shape index (κ2) is 10.5. The SMILES string of the molecule is CC(=O)Nc1cc(N2CCN(C)CC2)ccc1C(=O)Nc1n[nH]c2c1CN(S(=O)(=O)c1cc(F)cc(F)c1)C2(C)C. The van der Waals surface area contributed by atoms with Crippen LogP contribution in [0.3, 0.4) is 0 Å². The Morgan fingerprint density at radius 1 is 1.00 bits per heavy atom. The first-order valence-electron chi connectivity index (χ1n) is 13.0. The third-order valence-corrected chi connectivity index (χ3v) is 9.48. The summed E-state index contributed by atoms with van der Waals surface area (Å²) in [5.74, 6) is -2.81. The number of nitrogens with zero attached hydrogens (tertiary/aromatic N) is 4. The van der Waals surface area contributed by atoms with Crippen LogP contribution in [0.5, 0.6) is 0 Å². The molecule has 2 aliphatic heterocycles. The molecule has 1 fully saturated rings. The van der Waals surface area contributed by atoms with E-state index in [1.807, 2.05) is 6.07 Å². The van der Waals surface area contributed by atoms with Crippen LogP contribution in [-0.4, -0.2) is 72.9 Å². The molecule has 0 radical (unpaired) electrons. The molecule has 14 heteroatoms. The average molecular weight is 588 g/mol. The van der Waals surface area contributed by atoms with Crippen LogP contribution in [0, 0.1) is 11.6 Å². The zero-order chi connectivity index (χ0) is 29.7. The number of H-pyrrole nitrogens is 1. The Hall–Kier alpha value is -3.88. The molecule has 0 spiro atoms. The van der Waals surface area contributed by atoms with Crippen LogP contribution in [0.15, 0.2) is 41.3 Å². The summed E-state index contributed by atoms with van der Waals surface area (Å²) in [6, 6.07) is 7.32. The van der Waals surface area contributed by atoms with E-state index in [2.05, 4.69) is 37.7 Å². The van der Waals surface area contributed by atoms with Crippen LogP contribution < -0.4 is 15.5 Å². The van der Waals surface area contributed by atoms with Crippen molar-refractivity contribution in [2.24, 2.45) is 0 Å². The van der Waals surface area contributed by atoms with Crippen LogP contribution in [0.4, 0.5) is 26.0 Å². The Morgan fingerprint density at radius 2 is 1.66 bits per heavy atom. The lowest BCUT2D eigenvalue weighted by atomic mass is 10.0. The highest BCUT2D eigenvalue weighted by Gasteiger charge is 2.48. The van der Waals surface area contributed by atoms with Gasteiger partial charge in [-0.05, 0) is 51.2 Å². The maximum atomic E-state index is 13.9. The number of piperazine rings is 1. The minimum absolute atomic E-state index is 0.109. The van der Waals surface area contributed by atoms with Gasteiger partial charge in [0.15, 0.2) is 5.82 Å². The molecule has 3 aromatic rings. The first-order chi connectivity index (χ1) is 19.3. The van der Waals surface area contributed by atoms with Gasteiger partial charge in [0.2, 0.25) is 15.9 Å². The first-order valence-corrected chi connectivity index (χ1v) is 14.4. The second-order valence-corrected chi connectivity index (χ2v) is 12.6. The maximum Gasteiger partial charge on any atom is 0.258 e. The minimum Gasteiger partial charge on any atom is -0.369 e. The van der Waals surface area contributed by atoms with E-state index in [1.54, 1.807) is 26.0 Å². The fourth-order valence-electron chi connectivity index (χ4n) is 5.24. The summed E-state index contributed by atoms with van der Waals surface area (Å²) in [4.78, 5) is 29.3. The number of likely N-dealkylation sites (N-methyl/N-ethyl adjacent to an activating group) is 1. The first kappa shape index (κ1) is 28.6. The number of aromatic nitrogens is 2. The Morgan fingerprint density at radius 3 is 2.29 bits per heavy atom. The number of nitrogens with one attached hydrogen (secondary N) is 3. The standard InChI is InChI=1S/C27H31F2N7O4S/c1-16(37)30-23-14-19(35-9-7-34(4)8-10-35)5-6-21(23)26(38)31-25-22-15-36(27(2,3)24(22)32-33-25)41(39,40)20-12-17(28)11-18(29)13-20/h5-6,11-14H,7-10,15H2,1-4H3,(H,30,37)(H2,31,32,33,38). The molecule has 5 rings (SSSR count). The Labute approximate surface area is 236 Å². The summed E-state index contributed by atoms with van der Waals surface area (Å²) in [5.41, 5.74) is 1.08. The van der Waals surface area contributed by atoms with Gasteiger partial charge in [-0.3, -0.25) is 14.7 Å². The predicted octanol–water partition coefficient (Wildman–Crippen LogP) is 3.09. The van der Waals surface area contributed by atoms with Crippen LogP contribution in [0.1, 0.15) is 42.4 Å². The van der Waals surface area contributed by atoms with Crippen molar-refractivity contribution in [2.45, 2.75) is 37.8 Å². The van der Waals surface area contributed by atoms with Gasteiger partial charge in [0.1, 0.15) is 11.6 Å². The Bertz CT molecular complexity index is 1610. The van der Waals surface area contributed by atoms with Gasteiger partial charge in [0.05, 0.1) is 27.4 Å². The maximum absolute atomic E-state index is 13.9. The average Bonchev–Trinajstić information content (AvgIpc) is 3.41. The fraction of sp³-hybridized carbons (Fsp3) is 0.370. The topological polar surface area (TPSA) is 131 Å². The van der Waals surface area contributed by atoms with Gasteiger partial charge in [-0.15, -0.1) is 0 Å². The molecule has 41 heavy (non-hydrogen) atoms. The van der Waals surface area contributed by atoms with Crippen LogP contribution >= 0.6 is 0 Å². The predicted molar refractivity (Wildman–Crippen MR) is 149 cm³/mol. The second-order valence-electron chi connectivity index (χ2n) is 10.8. The molecular weight excluding hydrogens is 556 g/mol. The number of halogens is 2. The van der Waals surface area contributed by atoms with E-state index < -0.39 is 38.0 Å². The van der Waals surface area contributed by atoms with E-state index in [-0.39, 0.29) is 23.8 Å². The lowest BCUT2D eigenvalue weighted by Crippen LogP contribution is -2.44. The molecular formula is C27H31F2N7O4S. The number of carbonyl (C=O) groups excluding carboxylic acids is 2. The van der Waals surface area contributed by atoms with Crippen molar-refractivity contribution in [1.29, 1.82) is 0 Å². The molecule has 0 saturated carbocycles. The summed E-state index contributed by atoms with van der Waals surface area (Å²) in [7, 11) is -2.28. The third kappa shape index (κ3) is 5.42. The van der Waals surface area contributed by atoms with Crippen molar-refractivity contribution in [1.82, 2.24) is 19.4 Å². The van der Waals surface area contributed by atoms with Gasteiger partial charge >= 0.3 is 0 Å². The van der Waals surface area contributed by atoms with Crippen LogP contribution in [-0.2, 0) is 26.9 Å². The minimum atomic E-state index is -4.33. The highest BCUT2D eigenvalue weighted by atomic mass is 32.2. The molecule has 0 atom stereocenters. The third-order valence-electron chi connectivity index (χ3n) is 7.49. The van der Waals surface area contributed by atoms with Gasteiger partial charge in [-0.2, -0.15) is 9.40 Å². The molecule has 0 bridgehead atoms. The number of hydrogen-bond donors (Lipinski definition) is 3. The molecule has 2 amide bonds. The lowest BCUT2D eigenvalue weighted by molar-refractivity contribution is -0.114. The smallest absolute Gasteiger partial charge is 0.258 e. The van der Waals surface area contributed by atoms with Crippen molar-refractivity contribution < 1.29 is 26.8 Å². The Balaban J connectivity index is 1.42. The lowest BCUT2D eigenvalue weighted by Gasteiger charge is -2.34. The number of hydrogen-bond acceptors (Lipinski definition) is 7. The van der Waals surface area contributed by atoms with Gasteiger partial charge in [0.25, 0.3) is 5.91 Å². The van der Waals surface area contributed by atoms with Crippen molar-refractivity contribution in [3.63, 3.8) is 0 Å². The van der Waals surface area contributed by atoms with Crippen LogP contribution in [0.25, 0.3) is 0 Å². The van der Waals surface area contributed by atoms with Gasteiger partial charge in [-0.25, -0.2) is 17.2 Å². The molecule has 0 aliphatic carbocycles. The van der Waals surface area contributed by atoms with E-state index in [0.717, 1.165) is 48.3 Å². The Kier molecular flexibility index (Phi) is 7.34. The highest BCUT2D eigenvalue weighted by Crippen LogP contribution is 2.44. The van der Waals surface area contributed by atoms with E-state index in [4.69, 9.17) is 0 Å². The van der Waals surface area contributed by atoms with E-state index in [1.165, 1.54) is 6.92 Å². The summed E-state index contributed by atoms with van der Waals surface area (Å²) in [5, 5.41) is 12.5. The van der Waals surface area contributed by atoms with Crippen molar-refractivity contribution in [2.75, 3.05) is 48.8 Å².